The molecule has 0 spiro atoms. The van der Waals surface area contributed by atoms with Crippen molar-refractivity contribution in [2.75, 3.05) is 11.9 Å². The molecule has 1 aliphatic rings. The molecule has 2 aromatic rings. The maximum Gasteiger partial charge on any atom is 0.231 e. The van der Waals surface area contributed by atoms with Gasteiger partial charge in [-0.25, -0.2) is 4.39 Å². The van der Waals surface area contributed by atoms with Crippen LogP contribution in [-0.4, -0.2) is 13.0 Å². The lowest BCUT2D eigenvalue weighted by atomic mass is 10.0. The summed E-state index contributed by atoms with van der Waals surface area (Å²) >= 11 is 9.75. The highest BCUT2D eigenvalue weighted by molar-refractivity contribution is 9.10. The minimum absolute atomic E-state index is 0.0573. The van der Waals surface area contributed by atoms with E-state index in [1.54, 1.807) is 24.1 Å². The summed E-state index contributed by atoms with van der Waals surface area (Å²) in [6.45, 7) is 0. The first kappa shape index (κ1) is 14.5. The molecule has 0 N–H and O–H groups in total. The number of carbonyl (C=O) groups excluding carboxylic acids is 1. The van der Waals surface area contributed by atoms with E-state index in [0.717, 1.165) is 21.3 Å². The molecular weight excluding hydrogens is 357 g/mol. The van der Waals surface area contributed by atoms with Crippen LogP contribution in [0.1, 0.15) is 22.1 Å². The van der Waals surface area contributed by atoms with Crippen molar-refractivity contribution in [1.82, 2.24) is 0 Å². The topological polar surface area (TPSA) is 20.3 Å². The predicted molar refractivity (Wildman–Crippen MR) is 85.4 cm³/mol. The summed E-state index contributed by atoms with van der Waals surface area (Å²) in [5, 5.41) is -0.589. The number of fused-ring (bicyclic) bond motifs is 1. The van der Waals surface area contributed by atoms with Crippen LogP contribution < -0.4 is 4.90 Å². The highest BCUT2D eigenvalue weighted by Crippen LogP contribution is 2.36. The van der Waals surface area contributed by atoms with Crippen molar-refractivity contribution in [2.45, 2.75) is 11.8 Å². The second-order valence-corrected chi connectivity index (χ2v) is 6.40. The van der Waals surface area contributed by atoms with Gasteiger partial charge in [0, 0.05) is 22.8 Å². The van der Waals surface area contributed by atoms with E-state index >= 15 is 0 Å². The second kappa shape index (κ2) is 5.43. The Hall–Kier alpha value is -1.39. The number of anilines is 1. The Bertz CT molecular complexity index is 734. The van der Waals surface area contributed by atoms with Gasteiger partial charge >= 0.3 is 0 Å². The monoisotopic (exact) mass is 367 g/mol. The Kier molecular flexibility index (Phi) is 3.76. The number of carbonyl (C=O) groups is 1. The van der Waals surface area contributed by atoms with Gasteiger partial charge < -0.3 is 4.90 Å². The van der Waals surface area contributed by atoms with Gasteiger partial charge in [-0.3, -0.25) is 4.79 Å². The first-order valence-corrected chi connectivity index (χ1v) is 7.68. The molecule has 0 saturated heterocycles. The maximum atomic E-state index is 13.9. The van der Waals surface area contributed by atoms with E-state index in [9.17, 15) is 9.18 Å². The normalized spacial score (nSPS) is 15.2. The zero-order chi connectivity index (χ0) is 15.1. The number of rotatable bonds is 2. The first-order chi connectivity index (χ1) is 9.97. The van der Waals surface area contributed by atoms with Gasteiger partial charge in [-0.2, -0.15) is 0 Å². The molecule has 0 saturated carbocycles. The zero-order valence-electron chi connectivity index (χ0n) is 11.2. The molecule has 2 aromatic carbocycles. The Morgan fingerprint density at radius 3 is 2.81 bits per heavy atom. The largest absolute Gasteiger partial charge is 0.315 e. The quantitative estimate of drug-likeness (QED) is 0.718. The Balaban J connectivity index is 2.00. The van der Waals surface area contributed by atoms with Gasteiger partial charge in [0.25, 0.3) is 0 Å². The average molecular weight is 369 g/mol. The number of hydrogen-bond donors (Lipinski definition) is 0. The predicted octanol–water partition coefficient (Wildman–Crippen LogP) is 4.44. The lowest BCUT2D eigenvalue weighted by Gasteiger charge is -2.14. The third-order valence-corrected chi connectivity index (χ3v) is 4.68. The fraction of sp³-hybridized carbons (Fsp3) is 0.188. The van der Waals surface area contributed by atoms with Crippen molar-refractivity contribution in [2.24, 2.45) is 0 Å². The van der Waals surface area contributed by atoms with Crippen molar-refractivity contribution in [3.05, 3.63) is 63.4 Å². The van der Waals surface area contributed by atoms with E-state index in [2.05, 4.69) is 15.9 Å². The van der Waals surface area contributed by atoms with Gasteiger partial charge in [0.2, 0.25) is 5.91 Å². The van der Waals surface area contributed by atoms with Gasteiger partial charge in [0.15, 0.2) is 0 Å². The van der Waals surface area contributed by atoms with Gasteiger partial charge in [0.1, 0.15) is 5.82 Å². The summed E-state index contributed by atoms with van der Waals surface area (Å²) in [5.41, 5.74) is 3.03. The summed E-state index contributed by atoms with van der Waals surface area (Å²) in [6, 6.07) is 10.3. The molecule has 1 amide bonds. The highest BCUT2D eigenvalue weighted by atomic mass is 79.9. The number of halogens is 3. The van der Waals surface area contributed by atoms with Crippen molar-refractivity contribution < 1.29 is 9.18 Å². The minimum atomic E-state index is -0.589. The highest BCUT2D eigenvalue weighted by Gasteiger charge is 2.25. The molecule has 1 heterocycles. The van der Waals surface area contributed by atoms with Crippen LogP contribution >= 0.6 is 27.5 Å². The fourth-order valence-corrected chi connectivity index (χ4v) is 3.22. The number of nitrogens with zero attached hydrogens (tertiary/aromatic N) is 1. The van der Waals surface area contributed by atoms with E-state index in [1.807, 2.05) is 18.2 Å². The van der Waals surface area contributed by atoms with Crippen LogP contribution in [0, 0.1) is 5.82 Å². The molecule has 1 unspecified atom stereocenters. The van der Waals surface area contributed by atoms with E-state index in [0.29, 0.717) is 12.0 Å². The van der Waals surface area contributed by atoms with Crippen molar-refractivity contribution in [3.8, 4) is 0 Å². The van der Waals surface area contributed by atoms with E-state index < -0.39 is 5.38 Å². The molecule has 0 fully saturated rings. The molecule has 5 heteroatoms. The minimum Gasteiger partial charge on any atom is -0.315 e. The van der Waals surface area contributed by atoms with Crippen LogP contribution in [0.15, 0.2) is 40.9 Å². The smallest absolute Gasteiger partial charge is 0.231 e. The van der Waals surface area contributed by atoms with Crippen molar-refractivity contribution in [3.63, 3.8) is 0 Å². The van der Waals surface area contributed by atoms with Crippen molar-refractivity contribution >= 4 is 39.1 Å². The summed E-state index contributed by atoms with van der Waals surface area (Å²) in [6.07, 6.45) is 0.365. The molecule has 3 rings (SSSR count). The second-order valence-electron chi connectivity index (χ2n) is 5.05. The van der Waals surface area contributed by atoms with E-state index in [4.69, 9.17) is 11.6 Å². The van der Waals surface area contributed by atoms with Gasteiger partial charge in [-0.05, 0) is 35.4 Å². The fourth-order valence-electron chi connectivity index (χ4n) is 2.54. The summed E-state index contributed by atoms with van der Waals surface area (Å²) in [5.74, 6) is -0.284. The molecule has 1 aliphatic heterocycles. The summed E-state index contributed by atoms with van der Waals surface area (Å²) in [7, 11) is 1.75. The summed E-state index contributed by atoms with van der Waals surface area (Å²) in [4.78, 5) is 13.3. The van der Waals surface area contributed by atoms with E-state index in [-0.39, 0.29) is 11.7 Å². The standard InChI is InChI=1S/C16H12BrClFNO/c1-20-14-5-2-9(6-10(14)7-15(20)21)16(18)12-8-11(17)3-4-13(12)19/h2-6,8,16H,7H2,1H3. The van der Waals surface area contributed by atoms with Crippen molar-refractivity contribution in [1.29, 1.82) is 0 Å². The molecule has 0 aromatic heterocycles. The Labute approximate surface area is 135 Å². The van der Waals surface area contributed by atoms with Crippen LogP contribution in [0.5, 0.6) is 0 Å². The molecule has 0 bridgehead atoms. The molecule has 2 nitrogen and oxygen atoms in total. The zero-order valence-corrected chi connectivity index (χ0v) is 13.6. The van der Waals surface area contributed by atoms with Crippen LogP contribution in [-0.2, 0) is 11.2 Å². The molecule has 1 atom stereocenters. The van der Waals surface area contributed by atoms with Gasteiger partial charge in [-0.15, -0.1) is 11.6 Å². The number of amides is 1. The third kappa shape index (κ3) is 2.58. The SMILES string of the molecule is CN1C(=O)Cc2cc(C(Cl)c3cc(Br)ccc3F)ccc21. The van der Waals surface area contributed by atoms with Gasteiger partial charge in [-0.1, -0.05) is 28.1 Å². The first-order valence-electron chi connectivity index (χ1n) is 6.46. The number of likely N-dealkylation sites (N-methyl/N-ethyl adjacent to an activating group) is 1. The lowest BCUT2D eigenvalue weighted by Crippen LogP contribution is -2.20. The Morgan fingerprint density at radius 2 is 2.05 bits per heavy atom. The summed E-state index contributed by atoms with van der Waals surface area (Å²) < 4.78 is 14.7. The lowest BCUT2D eigenvalue weighted by molar-refractivity contribution is -0.117. The average Bonchev–Trinajstić information content (AvgIpc) is 2.75. The third-order valence-electron chi connectivity index (χ3n) is 3.70. The van der Waals surface area contributed by atoms with Crippen LogP contribution in [0.2, 0.25) is 0 Å². The van der Waals surface area contributed by atoms with Gasteiger partial charge in [0.05, 0.1) is 11.8 Å². The maximum absolute atomic E-state index is 13.9. The van der Waals surface area contributed by atoms with Crippen LogP contribution in [0.4, 0.5) is 10.1 Å². The molecular formula is C16H12BrClFNO. The molecule has 0 aliphatic carbocycles. The molecule has 108 valence electrons. The number of benzene rings is 2. The molecule has 0 radical (unpaired) electrons. The number of hydrogen-bond acceptors (Lipinski definition) is 1. The number of alkyl halides is 1. The molecule has 21 heavy (non-hydrogen) atoms. The van der Waals surface area contributed by atoms with Crippen LogP contribution in [0.25, 0.3) is 0 Å². The van der Waals surface area contributed by atoms with E-state index in [1.165, 1.54) is 6.07 Å². The Morgan fingerprint density at radius 1 is 1.29 bits per heavy atom. The van der Waals surface area contributed by atoms with Crippen LogP contribution in [0.3, 0.4) is 0 Å².